The van der Waals surface area contributed by atoms with E-state index in [1.807, 2.05) is 97.1 Å². The molecule has 0 amide bonds. The summed E-state index contributed by atoms with van der Waals surface area (Å²) >= 11 is 0. The molecule has 0 aliphatic heterocycles. The van der Waals surface area contributed by atoms with Crippen LogP contribution in [0.1, 0.15) is 32.6 Å². The third kappa shape index (κ3) is 5.87. The first-order valence-corrected chi connectivity index (χ1v) is 10.4. The lowest BCUT2D eigenvalue weighted by atomic mass is 10.1. The highest BCUT2D eigenvalue weighted by atomic mass is 16.5. The molecule has 32 heavy (non-hydrogen) atoms. The van der Waals surface area contributed by atoms with Crippen molar-refractivity contribution in [3.05, 3.63) is 137 Å². The second kappa shape index (κ2) is 10.7. The van der Waals surface area contributed by atoms with E-state index in [0.29, 0.717) is 17.9 Å². The fraction of sp³-hybridized carbons (Fsp3) is 0.0690. The van der Waals surface area contributed by atoms with Gasteiger partial charge in [0, 0.05) is 11.1 Å². The molecule has 0 N–H and O–H groups in total. The van der Waals surface area contributed by atoms with Crippen LogP contribution in [-0.2, 0) is 18.0 Å². The van der Waals surface area contributed by atoms with Gasteiger partial charge in [0.2, 0.25) is 0 Å². The zero-order valence-electron chi connectivity index (χ0n) is 17.5. The van der Waals surface area contributed by atoms with Crippen molar-refractivity contribution in [2.75, 3.05) is 0 Å². The molecule has 0 heterocycles. The van der Waals surface area contributed by atoms with Crippen LogP contribution in [0.2, 0.25) is 0 Å². The molecule has 0 bridgehead atoms. The largest absolute Gasteiger partial charge is 0.488 e. The molecule has 0 radical (unpaired) electrons. The molecule has 4 rings (SSSR count). The Morgan fingerprint density at radius 2 is 1.19 bits per heavy atom. The second-order valence-electron chi connectivity index (χ2n) is 7.16. The molecule has 0 aliphatic rings. The monoisotopic (exact) mass is 418 g/mol. The number of hydrogen-bond acceptors (Lipinski definition) is 3. The maximum Gasteiger partial charge on any atom is 0.342 e. The Hall–Kier alpha value is -4.29. The average Bonchev–Trinajstić information content (AvgIpc) is 2.86. The van der Waals surface area contributed by atoms with E-state index >= 15 is 0 Å². The number of esters is 1. The first-order chi connectivity index (χ1) is 15.8. The molecule has 156 valence electrons. The van der Waals surface area contributed by atoms with Crippen molar-refractivity contribution < 1.29 is 14.3 Å². The first kappa shape index (κ1) is 21.0. The summed E-state index contributed by atoms with van der Waals surface area (Å²) in [6.07, 6.45) is 0. The summed E-state index contributed by atoms with van der Waals surface area (Å²) < 4.78 is 11.5. The highest BCUT2D eigenvalue weighted by Crippen LogP contribution is 2.23. The van der Waals surface area contributed by atoms with Gasteiger partial charge in [0.15, 0.2) is 0 Å². The molecule has 0 fully saturated rings. The fourth-order valence-electron chi connectivity index (χ4n) is 3.09. The molecule has 0 unspecified atom stereocenters. The van der Waals surface area contributed by atoms with Crippen LogP contribution in [0.5, 0.6) is 5.75 Å². The van der Waals surface area contributed by atoms with Crippen LogP contribution in [0, 0.1) is 11.8 Å². The number of ether oxygens (including phenoxy) is 2. The molecule has 3 heteroatoms. The van der Waals surface area contributed by atoms with E-state index in [9.17, 15) is 4.79 Å². The van der Waals surface area contributed by atoms with Gasteiger partial charge in [0.1, 0.15) is 24.5 Å². The Morgan fingerprint density at radius 1 is 0.625 bits per heavy atom. The minimum atomic E-state index is -0.431. The Balaban J connectivity index is 1.56. The fourth-order valence-corrected chi connectivity index (χ4v) is 3.09. The smallest absolute Gasteiger partial charge is 0.342 e. The van der Waals surface area contributed by atoms with Gasteiger partial charge < -0.3 is 9.47 Å². The quantitative estimate of drug-likeness (QED) is 0.284. The lowest BCUT2D eigenvalue weighted by molar-refractivity contribution is 0.0467. The van der Waals surface area contributed by atoms with Crippen LogP contribution in [-0.4, -0.2) is 5.97 Å². The van der Waals surface area contributed by atoms with Crippen molar-refractivity contribution >= 4 is 5.97 Å². The number of carbonyl (C=O) groups excluding carboxylic acids is 1. The summed E-state index contributed by atoms with van der Waals surface area (Å²) in [4.78, 5) is 12.8. The number of hydrogen-bond donors (Lipinski definition) is 0. The van der Waals surface area contributed by atoms with Crippen molar-refractivity contribution in [2.45, 2.75) is 13.2 Å². The Bertz CT molecular complexity index is 1220. The maximum atomic E-state index is 12.8. The van der Waals surface area contributed by atoms with Crippen molar-refractivity contribution in [2.24, 2.45) is 0 Å². The molecule has 0 saturated heterocycles. The Kier molecular flexibility index (Phi) is 6.98. The van der Waals surface area contributed by atoms with E-state index in [2.05, 4.69) is 11.8 Å². The van der Waals surface area contributed by atoms with Gasteiger partial charge in [-0.25, -0.2) is 4.79 Å². The number of rotatable bonds is 6. The normalized spacial score (nSPS) is 10.0. The third-order valence-corrected chi connectivity index (χ3v) is 4.78. The first-order valence-electron chi connectivity index (χ1n) is 10.4. The SMILES string of the molecule is O=C(OCc1ccccc1)c1ccc(C#Cc2ccccc2)cc1OCc1ccccc1. The Morgan fingerprint density at radius 3 is 1.84 bits per heavy atom. The van der Waals surface area contributed by atoms with Crippen LogP contribution in [0.15, 0.2) is 109 Å². The third-order valence-electron chi connectivity index (χ3n) is 4.78. The molecule has 3 nitrogen and oxygen atoms in total. The van der Waals surface area contributed by atoms with Gasteiger partial charge >= 0.3 is 5.97 Å². The lowest BCUT2D eigenvalue weighted by Crippen LogP contribution is -2.08. The summed E-state index contributed by atoms with van der Waals surface area (Å²) in [5.74, 6) is 6.30. The van der Waals surface area contributed by atoms with Crippen molar-refractivity contribution in [3.8, 4) is 17.6 Å². The van der Waals surface area contributed by atoms with Gasteiger partial charge in [-0.2, -0.15) is 0 Å². The molecule has 0 saturated carbocycles. The highest BCUT2D eigenvalue weighted by molar-refractivity contribution is 5.92. The van der Waals surface area contributed by atoms with Crippen LogP contribution in [0.3, 0.4) is 0 Å². The minimum Gasteiger partial charge on any atom is -0.488 e. The molecule has 0 spiro atoms. The van der Waals surface area contributed by atoms with Gasteiger partial charge in [-0.3, -0.25) is 0 Å². The molecular weight excluding hydrogens is 396 g/mol. The van der Waals surface area contributed by atoms with Crippen molar-refractivity contribution in [1.29, 1.82) is 0 Å². The van der Waals surface area contributed by atoms with Gasteiger partial charge in [0.05, 0.1) is 0 Å². The maximum absolute atomic E-state index is 12.8. The van der Waals surface area contributed by atoms with Crippen LogP contribution in [0.4, 0.5) is 0 Å². The van der Waals surface area contributed by atoms with E-state index in [4.69, 9.17) is 9.47 Å². The summed E-state index contributed by atoms with van der Waals surface area (Å²) in [6, 6.07) is 34.5. The van der Waals surface area contributed by atoms with Gasteiger partial charge in [-0.05, 0) is 41.5 Å². The molecular formula is C29H22O3. The topological polar surface area (TPSA) is 35.5 Å². The van der Waals surface area contributed by atoms with Crippen LogP contribution in [0.25, 0.3) is 0 Å². The second-order valence-corrected chi connectivity index (χ2v) is 7.16. The molecule has 0 atom stereocenters. The summed E-state index contributed by atoms with van der Waals surface area (Å²) in [6.45, 7) is 0.544. The number of carbonyl (C=O) groups is 1. The predicted octanol–water partition coefficient (Wildman–Crippen LogP) is 6.02. The zero-order valence-corrected chi connectivity index (χ0v) is 17.5. The van der Waals surface area contributed by atoms with E-state index < -0.39 is 5.97 Å². The van der Waals surface area contributed by atoms with Crippen molar-refractivity contribution in [1.82, 2.24) is 0 Å². The van der Waals surface area contributed by atoms with E-state index in [0.717, 1.165) is 22.3 Å². The van der Waals surface area contributed by atoms with E-state index in [-0.39, 0.29) is 6.61 Å². The van der Waals surface area contributed by atoms with Crippen molar-refractivity contribution in [3.63, 3.8) is 0 Å². The van der Waals surface area contributed by atoms with E-state index in [1.165, 1.54) is 0 Å². The molecule has 0 aliphatic carbocycles. The average molecular weight is 418 g/mol. The summed E-state index contributed by atoms with van der Waals surface area (Å²) in [5, 5.41) is 0. The highest BCUT2D eigenvalue weighted by Gasteiger charge is 2.15. The predicted molar refractivity (Wildman–Crippen MR) is 125 cm³/mol. The Labute approximate surface area is 188 Å². The van der Waals surface area contributed by atoms with Gasteiger partial charge in [0.25, 0.3) is 0 Å². The lowest BCUT2D eigenvalue weighted by Gasteiger charge is -2.12. The molecule has 4 aromatic rings. The van der Waals surface area contributed by atoms with E-state index in [1.54, 1.807) is 12.1 Å². The minimum absolute atomic E-state index is 0.202. The van der Waals surface area contributed by atoms with Gasteiger partial charge in [-0.15, -0.1) is 0 Å². The standard InChI is InChI=1S/C29H22O3/c30-29(32-22-26-14-8-3-9-15-26)27-19-18-24(17-16-23-10-4-1-5-11-23)20-28(27)31-21-25-12-6-2-7-13-25/h1-15,18-20H,21-22H2. The summed E-state index contributed by atoms with van der Waals surface area (Å²) in [7, 11) is 0. The number of benzene rings is 4. The zero-order chi connectivity index (χ0) is 22.0. The molecule has 4 aromatic carbocycles. The van der Waals surface area contributed by atoms with Crippen LogP contribution < -0.4 is 4.74 Å². The summed E-state index contributed by atoms with van der Waals surface area (Å²) in [5.41, 5.74) is 4.00. The van der Waals surface area contributed by atoms with Gasteiger partial charge in [-0.1, -0.05) is 90.7 Å². The van der Waals surface area contributed by atoms with Crippen LogP contribution >= 0.6 is 0 Å². The molecule has 0 aromatic heterocycles.